The van der Waals surface area contributed by atoms with Crippen molar-refractivity contribution in [3.63, 3.8) is 0 Å². The smallest absolute Gasteiger partial charge is 0.208 e. The number of thioether (sulfide) groups is 1. The number of nitrogens with zero attached hydrogens (tertiary/aromatic N) is 2. The molecule has 5 nitrogen and oxygen atoms in total. The van der Waals surface area contributed by atoms with Crippen LogP contribution in [0.4, 0.5) is 0 Å². The monoisotopic (exact) mass is 375 g/mol. The van der Waals surface area contributed by atoms with Crippen molar-refractivity contribution in [1.82, 2.24) is 15.2 Å². The highest BCUT2D eigenvalue weighted by molar-refractivity contribution is 7.99. The first kappa shape index (κ1) is 17.6. The van der Waals surface area contributed by atoms with Crippen molar-refractivity contribution >= 4 is 23.4 Å². The molecule has 0 saturated carbocycles. The minimum atomic E-state index is 0.340. The molecule has 25 heavy (non-hydrogen) atoms. The molecule has 3 rings (SSSR count). The molecular weight excluding hydrogens is 358 g/mol. The molecule has 0 aliphatic heterocycles. The fraction of sp³-hybridized carbons (Fsp3) is 0.222. The van der Waals surface area contributed by atoms with Crippen molar-refractivity contribution in [2.45, 2.75) is 18.2 Å². The van der Waals surface area contributed by atoms with Crippen molar-refractivity contribution < 1.29 is 9.47 Å². The van der Waals surface area contributed by atoms with Crippen molar-refractivity contribution in [2.24, 2.45) is 0 Å². The highest BCUT2D eigenvalue weighted by Crippen LogP contribution is 2.18. The summed E-state index contributed by atoms with van der Waals surface area (Å²) in [5.41, 5.74) is 0. The fourth-order valence-electron chi connectivity index (χ4n) is 2.02. The average molecular weight is 376 g/mol. The molecule has 0 unspecified atom stereocenters. The highest BCUT2D eigenvalue weighted by Gasteiger charge is 2.05. The molecule has 3 aromatic rings. The summed E-state index contributed by atoms with van der Waals surface area (Å²) in [6.07, 6.45) is 0.921. The van der Waals surface area contributed by atoms with E-state index in [0.717, 1.165) is 28.8 Å². The van der Waals surface area contributed by atoms with Gasteiger partial charge in [0.1, 0.15) is 18.1 Å². The second-order valence-electron chi connectivity index (χ2n) is 5.17. The lowest BCUT2D eigenvalue weighted by atomic mass is 10.3. The maximum atomic E-state index is 5.84. The minimum absolute atomic E-state index is 0.340. The Balaban J connectivity index is 1.34. The van der Waals surface area contributed by atoms with Gasteiger partial charge in [-0.05, 0) is 42.8 Å². The molecule has 1 heterocycles. The van der Waals surface area contributed by atoms with Gasteiger partial charge >= 0.3 is 0 Å². The largest absolute Gasteiger partial charge is 0.494 e. The molecule has 0 spiro atoms. The Hall–Kier alpha value is -2.18. The van der Waals surface area contributed by atoms with Crippen LogP contribution in [-0.4, -0.2) is 27.5 Å². The number of ether oxygens (including phenoxy) is 2. The maximum Gasteiger partial charge on any atom is 0.208 e. The van der Waals surface area contributed by atoms with Crippen LogP contribution in [0.5, 0.6) is 11.5 Å². The zero-order chi connectivity index (χ0) is 17.3. The van der Waals surface area contributed by atoms with Crippen LogP contribution in [-0.2, 0) is 6.61 Å². The lowest BCUT2D eigenvalue weighted by Crippen LogP contribution is -1.98. The van der Waals surface area contributed by atoms with Crippen LogP contribution in [0.15, 0.2) is 59.8 Å². The van der Waals surface area contributed by atoms with Gasteiger partial charge in [-0.15, -0.1) is 5.10 Å². The second-order valence-corrected chi connectivity index (χ2v) is 6.67. The number of hydrogen-bond acceptors (Lipinski definition) is 5. The summed E-state index contributed by atoms with van der Waals surface area (Å²) in [5.74, 6) is 3.22. The fourth-order valence-corrected chi connectivity index (χ4v) is 2.87. The molecule has 0 saturated heterocycles. The third-order valence-electron chi connectivity index (χ3n) is 3.23. The Morgan fingerprint density at radius 1 is 0.960 bits per heavy atom. The SMILES string of the molecule is Clc1ccc(OCc2nc(SCCCOc3ccccc3)n[nH]2)cc1. The third kappa shape index (κ3) is 5.99. The quantitative estimate of drug-likeness (QED) is 0.437. The van der Waals surface area contributed by atoms with Crippen LogP contribution in [0, 0.1) is 0 Å². The normalized spacial score (nSPS) is 10.6. The van der Waals surface area contributed by atoms with Crippen LogP contribution in [0.25, 0.3) is 0 Å². The predicted molar refractivity (Wildman–Crippen MR) is 99.4 cm³/mol. The first-order valence-corrected chi connectivity index (χ1v) is 9.26. The highest BCUT2D eigenvalue weighted by atomic mass is 35.5. The summed E-state index contributed by atoms with van der Waals surface area (Å²) in [6.45, 7) is 1.01. The van der Waals surface area contributed by atoms with Crippen molar-refractivity contribution in [2.75, 3.05) is 12.4 Å². The molecule has 0 fully saturated rings. The summed E-state index contributed by atoms with van der Waals surface area (Å²) in [7, 11) is 0. The Morgan fingerprint density at radius 3 is 2.52 bits per heavy atom. The van der Waals surface area contributed by atoms with E-state index >= 15 is 0 Å². The summed E-state index contributed by atoms with van der Waals surface area (Å²) in [5, 5.41) is 8.47. The van der Waals surface area contributed by atoms with E-state index in [1.165, 1.54) is 0 Å². The molecule has 1 N–H and O–H groups in total. The molecule has 0 aliphatic rings. The standard InChI is InChI=1S/C18H18ClN3O2S/c19-14-7-9-16(10-8-14)24-13-17-20-18(22-21-17)25-12-4-11-23-15-5-2-1-3-6-15/h1-3,5-10H,4,11-13H2,(H,20,21,22). The van der Waals surface area contributed by atoms with E-state index in [4.69, 9.17) is 21.1 Å². The summed E-state index contributed by atoms with van der Waals surface area (Å²) >= 11 is 7.44. The van der Waals surface area contributed by atoms with E-state index in [1.54, 1.807) is 23.9 Å². The lowest BCUT2D eigenvalue weighted by molar-refractivity contribution is 0.296. The van der Waals surface area contributed by atoms with Crippen LogP contribution < -0.4 is 9.47 Å². The van der Waals surface area contributed by atoms with Crippen LogP contribution in [0.3, 0.4) is 0 Å². The van der Waals surface area contributed by atoms with Gasteiger partial charge in [-0.2, -0.15) is 0 Å². The van der Waals surface area contributed by atoms with E-state index < -0.39 is 0 Å². The minimum Gasteiger partial charge on any atom is -0.494 e. The molecule has 0 bridgehead atoms. The Morgan fingerprint density at radius 2 is 1.72 bits per heavy atom. The number of rotatable bonds is 9. The van der Waals surface area contributed by atoms with Crippen LogP contribution in [0.1, 0.15) is 12.2 Å². The molecule has 130 valence electrons. The number of aromatic amines is 1. The van der Waals surface area contributed by atoms with Gasteiger partial charge < -0.3 is 9.47 Å². The summed E-state index contributed by atoms with van der Waals surface area (Å²) < 4.78 is 11.3. The average Bonchev–Trinajstić information content (AvgIpc) is 3.10. The van der Waals surface area contributed by atoms with Crippen LogP contribution in [0.2, 0.25) is 5.02 Å². The van der Waals surface area contributed by atoms with Gasteiger partial charge in [0.2, 0.25) is 5.16 Å². The first-order valence-electron chi connectivity index (χ1n) is 7.90. The van der Waals surface area contributed by atoms with Crippen molar-refractivity contribution in [3.8, 4) is 11.5 Å². The second kappa shape index (κ2) is 9.34. The zero-order valence-electron chi connectivity index (χ0n) is 13.5. The van der Waals surface area contributed by atoms with E-state index in [1.807, 2.05) is 42.5 Å². The number of hydrogen-bond donors (Lipinski definition) is 1. The molecule has 0 aliphatic carbocycles. The van der Waals surface area contributed by atoms with Gasteiger partial charge in [-0.3, -0.25) is 5.10 Å². The molecule has 0 radical (unpaired) electrons. The van der Waals surface area contributed by atoms with Crippen LogP contribution >= 0.6 is 23.4 Å². The van der Waals surface area contributed by atoms with Crippen molar-refractivity contribution in [3.05, 3.63) is 65.4 Å². The molecule has 1 aromatic heterocycles. The number of H-pyrrole nitrogens is 1. The van der Waals surface area contributed by atoms with E-state index in [2.05, 4.69) is 15.2 Å². The van der Waals surface area contributed by atoms with Crippen molar-refractivity contribution in [1.29, 1.82) is 0 Å². The van der Waals surface area contributed by atoms with Gasteiger partial charge in [0.15, 0.2) is 5.82 Å². The van der Waals surface area contributed by atoms with Gasteiger partial charge in [0.05, 0.1) is 6.61 Å². The molecule has 0 atom stereocenters. The Bertz CT molecular complexity index is 766. The topological polar surface area (TPSA) is 60.0 Å². The Labute approximate surface area is 155 Å². The van der Waals surface area contributed by atoms with E-state index in [-0.39, 0.29) is 0 Å². The predicted octanol–water partition coefficient (Wildman–Crippen LogP) is 4.60. The number of nitrogens with one attached hydrogen (secondary N) is 1. The Kier molecular flexibility index (Phi) is 6.59. The molecular formula is C18H18ClN3O2S. The van der Waals surface area contributed by atoms with E-state index in [0.29, 0.717) is 24.1 Å². The molecule has 0 amide bonds. The summed E-state index contributed by atoms with van der Waals surface area (Å²) in [4.78, 5) is 4.40. The maximum absolute atomic E-state index is 5.84. The molecule has 2 aromatic carbocycles. The number of aromatic nitrogens is 3. The lowest BCUT2D eigenvalue weighted by Gasteiger charge is -2.04. The third-order valence-corrected chi connectivity index (χ3v) is 4.42. The number of halogens is 1. The zero-order valence-corrected chi connectivity index (χ0v) is 15.1. The van der Waals surface area contributed by atoms with Gasteiger partial charge in [-0.1, -0.05) is 41.6 Å². The number of benzene rings is 2. The molecule has 7 heteroatoms. The van der Waals surface area contributed by atoms with Gasteiger partial charge in [0, 0.05) is 10.8 Å². The van der Waals surface area contributed by atoms with Gasteiger partial charge in [-0.25, -0.2) is 4.98 Å². The van der Waals surface area contributed by atoms with Gasteiger partial charge in [0.25, 0.3) is 0 Å². The first-order chi connectivity index (χ1) is 12.3. The number of para-hydroxylation sites is 1. The summed E-state index contributed by atoms with van der Waals surface area (Å²) in [6, 6.07) is 17.0. The van der Waals surface area contributed by atoms with E-state index in [9.17, 15) is 0 Å².